The summed E-state index contributed by atoms with van der Waals surface area (Å²) in [5.41, 5.74) is 2.13. The highest BCUT2D eigenvalue weighted by Gasteiger charge is 2.20. The number of rotatable bonds is 8. The number of aliphatic hydroxyl groups is 1. The Hall–Kier alpha value is -3.00. The second-order valence-corrected chi connectivity index (χ2v) is 5.80. The van der Waals surface area contributed by atoms with Crippen molar-refractivity contribution in [2.75, 3.05) is 6.61 Å². The number of hydrogen-bond donors (Lipinski definition) is 3. The minimum absolute atomic E-state index is 0.000333. The van der Waals surface area contributed by atoms with Crippen LogP contribution in [0.25, 0.3) is 11.3 Å². The Morgan fingerprint density at radius 1 is 1.35 bits per heavy atom. The van der Waals surface area contributed by atoms with Gasteiger partial charge in [-0.15, -0.1) is 0 Å². The first-order chi connectivity index (χ1) is 12.4. The first kappa shape index (κ1) is 19.3. The van der Waals surface area contributed by atoms with Gasteiger partial charge in [0.05, 0.1) is 18.6 Å². The van der Waals surface area contributed by atoms with Crippen molar-refractivity contribution in [3.05, 3.63) is 41.7 Å². The Bertz CT molecular complexity index is 785. The average molecular weight is 359 g/mol. The normalized spacial score (nSPS) is 11.7. The number of aliphatic hydroxyl groups excluding tert-OH is 1. The van der Waals surface area contributed by atoms with Crippen LogP contribution in [-0.2, 0) is 20.9 Å². The number of Topliss-reactive ketones (excluding diaryl/α,β-unsaturated/α-hetero) is 1. The van der Waals surface area contributed by atoms with Crippen LogP contribution in [0.2, 0.25) is 0 Å². The van der Waals surface area contributed by atoms with Crippen LogP contribution < -0.4 is 5.32 Å². The van der Waals surface area contributed by atoms with Crippen LogP contribution in [0.4, 0.5) is 0 Å². The quantitative estimate of drug-likeness (QED) is 0.373. The van der Waals surface area contributed by atoms with Crippen LogP contribution >= 0.6 is 0 Å². The number of hydrogen-bond acceptors (Lipinski definition) is 7. The molecule has 0 aliphatic heterocycles. The molecule has 138 valence electrons. The average Bonchev–Trinajstić information content (AvgIpc) is 3.01. The fraction of sp³-hybridized carbons (Fsp3) is 0.333. The van der Waals surface area contributed by atoms with E-state index < -0.39 is 24.2 Å². The molecule has 0 aliphatic rings. The molecule has 8 nitrogen and oxygen atoms in total. The summed E-state index contributed by atoms with van der Waals surface area (Å²) in [5.74, 6) is -1.44. The number of benzene rings is 1. The molecule has 1 aromatic carbocycles. The van der Waals surface area contributed by atoms with Gasteiger partial charge in [-0.25, -0.2) is 0 Å². The number of aryl methyl sites for hydroxylation is 1. The zero-order valence-corrected chi connectivity index (χ0v) is 14.6. The van der Waals surface area contributed by atoms with E-state index >= 15 is 0 Å². The summed E-state index contributed by atoms with van der Waals surface area (Å²) >= 11 is 0. The molecule has 2 rings (SSSR count). The topological polar surface area (TPSA) is 126 Å². The fourth-order valence-electron chi connectivity index (χ4n) is 2.17. The lowest BCUT2D eigenvalue weighted by molar-refractivity contribution is -0.137. The molecule has 0 bridgehead atoms. The minimum atomic E-state index is -0.856. The highest BCUT2D eigenvalue weighted by atomic mass is 16.5. The summed E-state index contributed by atoms with van der Waals surface area (Å²) in [6.45, 7) is 3.02. The van der Waals surface area contributed by atoms with E-state index in [0.717, 1.165) is 5.56 Å². The second kappa shape index (κ2) is 8.91. The third-order valence-electron chi connectivity index (χ3n) is 3.65. The van der Waals surface area contributed by atoms with Crippen LogP contribution in [-0.4, -0.2) is 40.5 Å². The van der Waals surface area contributed by atoms with E-state index in [2.05, 4.69) is 10.5 Å². The van der Waals surface area contributed by atoms with Gasteiger partial charge in [0.2, 0.25) is 5.78 Å². The lowest BCUT2D eigenvalue weighted by Gasteiger charge is -2.10. The first-order valence-corrected chi connectivity index (χ1v) is 8.07. The molecule has 1 unspecified atom stereocenters. The maximum atomic E-state index is 11.8. The molecule has 26 heavy (non-hydrogen) atoms. The van der Waals surface area contributed by atoms with Crippen molar-refractivity contribution in [2.45, 2.75) is 32.9 Å². The number of aromatic nitrogens is 1. The third kappa shape index (κ3) is 5.00. The molecule has 0 saturated carbocycles. The highest BCUT2D eigenvalue weighted by Crippen LogP contribution is 2.25. The van der Waals surface area contributed by atoms with Crippen molar-refractivity contribution in [1.29, 1.82) is 5.41 Å². The zero-order chi connectivity index (χ0) is 19.1. The largest absolute Gasteiger partial charge is 0.476 e. The standard InChI is InChI=1S/C18H21N3O5/c1-11(9-22)20-18(24)15(23)8-16(19)25-10-14-12(2)26-21-17(14)13-6-4-3-5-7-13/h3-7,11,19,22H,8-10H2,1-2H3,(H,20,24). The molecule has 1 aromatic heterocycles. The fourth-order valence-corrected chi connectivity index (χ4v) is 2.17. The maximum absolute atomic E-state index is 11.8. The number of amides is 1. The number of ketones is 1. The second-order valence-electron chi connectivity index (χ2n) is 5.80. The van der Waals surface area contributed by atoms with Gasteiger partial charge in [0, 0.05) is 11.6 Å². The predicted octanol–water partition coefficient (Wildman–Crippen LogP) is 1.60. The van der Waals surface area contributed by atoms with Crippen LogP contribution in [0.15, 0.2) is 34.9 Å². The van der Waals surface area contributed by atoms with Gasteiger partial charge in [-0.05, 0) is 13.8 Å². The van der Waals surface area contributed by atoms with Gasteiger partial charge in [-0.3, -0.25) is 15.0 Å². The highest BCUT2D eigenvalue weighted by molar-refractivity contribution is 6.39. The summed E-state index contributed by atoms with van der Waals surface area (Å²) in [6.07, 6.45) is -0.463. The van der Waals surface area contributed by atoms with E-state index in [9.17, 15) is 9.59 Å². The van der Waals surface area contributed by atoms with E-state index in [1.54, 1.807) is 13.8 Å². The zero-order valence-electron chi connectivity index (χ0n) is 14.6. The smallest absolute Gasteiger partial charge is 0.288 e. The Kier molecular flexibility index (Phi) is 6.62. The van der Waals surface area contributed by atoms with Gasteiger partial charge in [0.15, 0.2) is 5.90 Å². The number of carbonyl (C=O) groups is 2. The molecular formula is C18H21N3O5. The summed E-state index contributed by atoms with van der Waals surface area (Å²) < 4.78 is 10.5. The molecule has 0 saturated heterocycles. The molecule has 0 spiro atoms. The van der Waals surface area contributed by atoms with Crippen LogP contribution in [0.1, 0.15) is 24.7 Å². The number of nitrogens with zero attached hydrogens (tertiary/aromatic N) is 1. The summed E-state index contributed by atoms with van der Waals surface area (Å²) in [6, 6.07) is 8.85. The SMILES string of the molecule is Cc1onc(-c2ccccc2)c1COC(=N)CC(=O)C(=O)NC(C)CO. The van der Waals surface area contributed by atoms with Crippen molar-refractivity contribution in [3.63, 3.8) is 0 Å². The molecule has 2 aromatic rings. The van der Waals surface area contributed by atoms with Gasteiger partial charge in [-0.1, -0.05) is 35.5 Å². The Labute approximate surface area is 150 Å². The van der Waals surface area contributed by atoms with Gasteiger partial charge < -0.3 is 19.7 Å². The van der Waals surface area contributed by atoms with E-state index in [4.69, 9.17) is 19.8 Å². The van der Waals surface area contributed by atoms with Crippen molar-refractivity contribution < 1.29 is 24.0 Å². The maximum Gasteiger partial charge on any atom is 0.288 e. The number of nitrogens with one attached hydrogen (secondary N) is 2. The Morgan fingerprint density at radius 2 is 2.04 bits per heavy atom. The van der Waals surface area contributed by atoms with Gasteiger partial charge in [0.25, 0.3) is 5.91 Å². The van der Waals surface area contributed by atoms with Crippen LogP contribution in [0.3, 0.4) is 0 Å². The van der Waals surface area contributed by atoms with Crippen LogP contribution in [0, 0.1) is 12.3 Å². The Morgan fingerprint density at radius 3 is 2.69 bits per heavy atom. The number of ether oxygens (including phenoxy) is 1. The van der Waals surface area contributed by atoms with Gasteiger partial charge in [0.1, 0.15) is 18.1 Å². The first-order valence-electron chi connectivity index (χ1n) is 8.07. The van der Waals surface area contributed by atoms with Crippen molar-refractivity contribution in [1.82, 2.24) is 10.5 Å². The molecule has 0 radical (unpaired) electrons. The summed E-state index contributed by atoms with van der Waals surface area (Å²) in [7, 11) is 0. The molecule has 1 amide bonds. The van der Waals surface area contributed by atoms with Gasteiger partial charge >= 0.3 is 0 Å². The monoisotopic (exact) mass is 359 g/mol. The molecule has 3 N–H and O–H groups in total. The summed E-state index contributed by atoms with van der Waals surface area (Å²) in [4.78, 5) is 23.4. The van der Waals surface area contributed by atoms with E-state index in [0.29, 0.717) is 17.0 Å². The molecule has 1 heterocycles. The molecule has 0 aliphatic carbocycles. The third-order valence-corrected chi connectivity index (χ3v) is 3.65. The Balaban J connectivity index is 1.95. The predicted molar refractivity (Wildman–Crippen MR) is 93.5 cm³/mol. The van der Waals surface area contributed by atoms with E-state index in [1.165, 1.54) is 0 Å². The summed E-state index contributed by atoms with van der Waals surface area (Å²) in [5, 5.41) is 23.0. The molecule has 8 heteroatoms. The van der Waals surface area contributed by atoms with Crippen molar-refractivity contribution in [3.8, 4) is 11.3 Å². The molecule has 1 atom stereocenters. The minimum Gasteiger partial charge on any atom is -0.476 e. The van der Waals surface area contributed by atoms with Gasteiger partial charge in [-0.2, -0.15) is 0 Å². The van der Waals surface area contributed by atoms with Crippen LogP contribution in [0.5, 0.6) is 0 Å². The molecular weight excluding hydrogens is 338 g/mol. The lowest BCUT2D eigenvalue weighted by Crippen LogP contribution is -2.40. The lowest BCUT2D eigenvalue weighted by atomic mass is 10.1. The number of carbonyl (C=O) groups excluding carboxylic acids is 2. The van der Waals surface area contributed by atoms with Crippen molar-refractivity contribution >= 4 is 17.6 Å². The van der Waals surface area contributed by atoms with Crippen molar-refractivity contribution in [2.24, 2.45) is 0 Å². The molecule has 0 fully saturated rings. The van der Waals surface area contributed by atoms with E-state index in [-0.39, 0.29) is 19.1 Å². The van der Waals surface area contributed by atoms with E-state index in [1.807, 2.05) is 30.3 Å².